The van der Waals surface area contributed by atoms with E-state index in [1.165, 1.54) is 43.9 Å². The van der Waals surface area contributed by atoms with E-state index in [0.29, 0.717) is 18.0 Å². The largest absolute Gasteiger partial charge is 0.352 e. The number of carbonyl (C=O) groups excluding carboxylic acids is 1. The standard InChI is InChI=1S/C15H18ClNO3S/c16-21(19,20)14-3-1-2-12(8-14)15(18)17-9-13-7-10-4-5-11(13)6-10/h1-3,8,10-11,13H,4-7,9H2,(H,17,18). The van der Waals surface area contributed by atoms with Gasteiger partial charge >= 0.3 is 0 Å². The molecule has 114 valence electrons. The topological polar surface area (TPSA) is 63.2 Å². The minimum Gasteiger partial charge on any atom is -0.352 e. The fourth-order valence-corrected chi connectivity index (χ4v) is 4.54. The van der Waals surface area contributed by atoms with E-state index >= 15 is 0 Å². The van der Waals surface area contributed by atoms with E-state index in [-0.39, 0.29) is 10.8 Å². The highest BCUT2D eigenvalue weighted by Gasteiger charge is 2.39. The molecular weight excluding hydrogens is 310 g/mol. The molecule has 2 saturated carbocycles. The van der Waals surface area contributed by atoms with Crippen LogP contribution in [-0.4, -0.2) is 20.9 Å². The molecule has 0 spiro atoms. The molecule has 0 heterocycles. The third-order valence-corrected chi connectivity index (χ3v) is 6.14. The normalized spacial score (nSPS) is 27.8. The smallest absolute Gasteiger partial charge is 0.261 e. The van der Waals surface area contributed by atoms with E-state index in [4.69, 9.17) is 10.7 Å². The Morgan fingerprint density at radius 2 is 2.10 bits per heavy atom. The Hall–Kier alpha value is -1.07. The van der Waals surface area contributed by atoms with Crippen molar-refractivity contribution in [1.82, 2.24) is 5.32 Å². The Balaban J connectivity index is 1.63. The lowest BCUT2D eigenvalue weighted by Crippen LogP contribution is -2.31. The Kier molecular flexibility index (Phi) is 3.97. The Morgan fingerprint density at radius 1 is 1.29 bits per heavy atom. The predicted octanol–water partition coefficient (Wildman–Crippen LogP) is 2.78. The van der Waals surface area contributed by atoms with Crippen molar-refractivity contribution in [3.8, 4) is 0 Å². The van der Waals surface area contributed by atoms with Crippen LogP contribution >= 0.6 is 10.7 Å². The molecule has 3 unspecified atom stereocenters. The minimum absolute atomic E-state index is 0.0447. The number of benzene rings is 1. The number of hydrogen-bond donors (Lipinski definition) is 1. The monoisotopic (exact) mass is 327 g/mol. The number of halogens is 1. The molecule has 2 fully saturated rings. The first kappa shape index (κ1) is 14.9. The van der Waals surface area contributed by atoms with Crippen LogP contribution in [0.25, 0.3) is 0 Å². The fraction of sp³-hybridized carbons (Fsp3) is 0.533. The van der Waals surface area contributed by atoms with Crippen LogP contribution in [0.3, 0.4) is 0 Å². The molecule has 6 heteroatoms. The first-order valence-electron chi connectivity index (χ1n) is 7.26. The van der Waals surface area contributed by atoms with Crippen molar-refractivity contribution in [2.24, 2.45) is 17.8 Å². The van der Waals surface area contributed by atoms with Gasteiger partial charge in [-0.1, -0.05) is 12.5 Å². The maximum absolute atomic E-state index is 12.1. The summed E-state index contributed by atoms with van der Waals surface area (Å²) >= 11 is 0. The molecule has 4 nitrogen and oxygen atoms in total. The van der Waals surface area contributed by atoms with Gasteiger partial charge in [0.1, 0.15) is 0 Å². The molecule has 2 aliphatic rings. The van der Waals surface area contributed by atoms with Crippen LogP contribution in [0.4, 0.5) is 0 Å². The lowest BCUT2D eigenvalue weighted by Gasteiger charge is -2.21. The average Bonchev–Trinajstić information content (AvgIpc) is 3.06. The maximum Gasteiger partial charge on any atom is 0.261 e. The van der Waals surface area contributed by atoms with Crippen molar-refractivity contribution in [3.05, 3.63) is 29.8 Å². The van der Waals surface area contributed by atoms with E-state index in [1.54, 1.807) is 6.07 Å². The molecule has 0 saturated heterocycles. The van der Waals surface area contributed by atoms with E-state index in [2.05, 4.69) is 5.32 Å². The zero-order valence-corrected chi connectivity index (χ0v) is 13.2. The van der Waals surface area contributed by atoms with Crippen LogP contribution in [0.2, 0.25) is 0 Å². The molecule has 3 atom stereocenters. The van der Waals surface area contributed by atoms with Gasteiger partial charge in [0.2, 0.25) is 0 Å². The highest BCUT2D eigenvalue weighted by atomic mass is 35.7. The summed E-state index contributed by atoms with van der Waals surface area (Å²) in [5.41, 5.74) is 0.333. The minimum atomic E-state index is -3.80. The number of rotatable bonds is 4. The average molecular weight is 328 g/mol. The van der Waals surface area contributed by atoms with E-state index in [1.807, 2.05) is 0 Å². The van der Waals surface area contributed by atoms with Crippen molar-refractivity contribution < 1.29 is 13.2 Å². The summed E-state index contributed by atoms with van der Waals surface area (Å²) in [7, 11) is 1.50. The van der Waals surface area contributed by atoms with Crippen LogP contribution in [0, 0.1) is 17.8 Å². The van der Waals surface area contributed by atoms with Crippen molar-refractivity contribution in [2.45, 2.75) is 30.6 Å². The third-order valence-electron chi connectivity index (χ3n) is 4.79. The van der Waals surface area contributed by atoms with Gasteiger partial charge in [0.05, 0.1) is 4.90 Å². The lowest BCUT2D eigenvalue weighted by molar-refractivity contribution is 0.0941. The number of nitrogens with one attached hydrogen (secondary N) is 1. The molecule has 1 aromatic rings. The van der Waals surface area contributed by atoms with Crippen molar-refractivity contribution >= 4 is 25.6 Å². The first-order valence-corrected chi connectivity index (χ1v) is 9.57. The van der Waals surface area contributed by atoms with Gasteiger partial charge in [0.15, 0.2) is 0 Å². The van der Waals surface area contributed by atoms with Crippen molar-refractivity contribution in [1.29, 1.82) is 0 Å². The second kappa shape index (κ2) is 5.61. The van der Waals surface area contributed by atoms with Gasteiger partial charge in [-0.05, 0) is 55.2 Å². The van der Waals surface area contributed by atoms with Crippen molar-refractivity contribution in [2.75, 3.05) is 6.54 Å². The van der Waals surface area contributed by atoms with Crippen molar-refractivity contribution in [3.63, 3.8) is 0 Å². The van der Waals surface area contributed by atoms with Gasteiger partial charge in [-0.25, -0.2) is 8.42 Å². The second-order valence-corrected chi connectivity index (χ2v) is 8.68. The summed E-state index contributed by atoms with van der Waals surface area (Å²) < 4.78 is 22.6. The van der Waals surface area contributed by atoms with Gasteiger partial charge in [-0.2, -0.15) is 0 Å². The molecule has 0 aromatic heterocycles. The molecule has 0 aliphatic heterocycles. The molecule has 3 rings (SSSR count). The summed E-state index contributed by atoms with van der Waals surface area (Å²) in [6.07, 6.45) is 5.14. The second-order valence-electron chi connectivity index (χ2n) is 6.11. The SMILES string of the molecule is O=C(NCC1CC2CCC1C2)c1cccc(S(=O)(=O)Cl)c1. The summed E-state index contributed by atoms with van der Waals surface area (Å²) in [6, 6.07) is 5.83. The summed E-state index contributed by atoms with van der Waals surface area (Å²) in [5.74, 6) is 1.94. The fourth-order valence-electron chi connectivity index (χ4n) is 3.74. The number of fused-ring (bicyclic) bond motifs is 2. The lowest BCUT2D eigenvalue weighted by atomic mass is 9.89. The molecule has 1 N–H and O–H groups in total. The maximum atomic E-state index is 12.1. The summed E-state index contributed by atoms with van der Waals surface area (Å²) in [6.45, 7) is 0.678. The molecule has 1 amide bonds. The zero-order chi connectivity index (χ0) is 15.0. The number of amides is 1. The van der Waals surface area contributed by atoms with E-state index in [0.717, 1.165) is 11.8 Å². The van der Waals surface area contributed by atoms with Crippen LogP contribution < -0.4 is 5.32 Å². The molecule has 1 aromatic carbocycles. The molecule has 0 radical (unpaired) electrons. The Labute approximate surface area is 129 Å². The first-order chi connectivity index (χ1) is 9.93. The Morgan fingerprint density at radius 3 is 2.71 bits per heavy atom. The van der Waals surface area contributed by atoms with Crippen LogP contribution in [0.15, 0.2) is 29.2 Å². The van der Waals surface area contributed by atoms with Gasteiger partial charge in [-0.15, -0.1) is 0 Å². The number of hydrogen-bond acceptors (Lipinski definition) is 3. The molecule has 2 bridgehead atoms. The summed E-state index contributed by atoms with van der Waals surface area (Å²) in [4.78, 5) is 12.1. The Bertz CT molecular complexity index is 659. The van der Waals surface area contributed by atoms with Gasteiger partial charge in [-0.3, -0.25) is 4.79 Å². The van der Waals surface area contributed by atoms with Gasteiger partial charge < -0.3 is 5.32 Å². The third kappa shape index (κ3) is 3.24. The van der Waals surface area contributed by atoms with Gasteiger partial charge in [0, 0.05) is 22.8 Å². The summed E-state index contributed by atoms with van der Waals surface area (Å²) in [5, 5.41) is 2.93. The molecule has 2 aliphatic carbocycles. The molecule has 21 heavy (non-hydrogen) atoms. The van der Waals surface area contributed by atoms with Crippen LogP contribution in [0.5, 0.6) is 0 Å². The highest BCUT2D eigenvalue weighted by Crippen LogP contribution is 2.47. The molecular formula is C15H18ClNO3S. The highest BCUT2D eigenvalue weighted by molar-refractivity contribution is 8.13. The van der Waals surface area contributed by atoms with Crippen LogP contribution in [-0.2, 0) is 9.05 Å². The zero-order valence-electron chi connectivity index (χ0n) is 11.6. The van der Waals surface area contributed by atoms with E-state index < -0.39 is 9.05 Å². The van der Waals surface area contributed by atoms with Gasteiger partial charge in [0.25, 0.3) is 15.0 Å². The number of carbonyl (C=O) groups is 1. The van der Waals surface area contributed by atoms with Crippen LogP contribution in [0.1, 0.15) is 36.0 Å². The predicted molar refractivity (Wildman–Crippen MR) is 80.8 cm³/mol. The van der Waals surface area contributed by atoms with E-state index in [9.17, 15) is 13.2 Å². The quantitative estimate of drug-likeness (QED) is 0.865.